The summed E-state index contributed by atoms with van der Waals surface area (Å²) in [5, 5.41) is 0. The van der Waals surface area contributed by atoms with Crippen molar-refractivity contribution in [3.63, 3.8) is 0 Å². The second-order valence-electron chi connectivity index (χ2n) is 8.02. The molecule has 204 valence electrons. The Labute approximate surface area is 233 Å². The zero-order chi connectivity index (χ0) is 29.0. The molecule has 8 heteroatoms. The summed E-state index contributed by atoms with van der Waals surface area (Å²) in [5.74, 6) is 9.76. The first kappa shape index (κ1) is 31.0. The van der Waals surface area contributed by atoms with Gasteiger partial charge >= 0.3 is 23.9 Å². The molecule has 0 atom stereocenters. The Morgan fingerprint density at radius 1 is 0.675 bits per heavy atom. The van der Waals surface area contributed by atoms with E-state index in [2.05, 4.69) is 42.6 Å². The van der Waals surface area contributed by atoms with E-state index < -0.39 is 23.9 Å². The molecule has 0 radical (unpaired) electrons. The molecule has 2 rings (SSSR count). The van der Waals surface area contributed by atoms with Gasteiger partial charge in [0.2, 0.25) is 0 Å². The van der Waals surface area contributed by atoms with E-state index >= 15 is 0 Å². The summed E-state index contributed by atoms with van der Waals surface area (Å²) >= 11 is 0. The molecule has 0 unspecified atom stereocenters. The average molecular weight is 541 g/mol. The first-order chi connectivity index (χ1) is 19.4. The van der Waals surface area contributed by atoms with E-state index in [1.807, 2.05) is 0 Å². The van der Waals surface area contributed by atoms with Gasteiger partial charge in [0.25, 0.3) is 0 Å². The van der Waals surface area contributed by atoms with Crippen molar-refractivity contribution in [2.45, 2.75) is 46.0 Å². The Bertz CT molecular complexity index is 1380. The van der Waals surface area contributed by atoms with Gasteiger partial charge in [-0.2, -0.15) is 0 Å². The van der Waals surface area contributed by atoms with Crippen LogP contribution in [-0.2, 0) is 19.1 Å². The van der Waals surface area contributed by atoms with Crippen molar-refractivity contribution in [3.05, 3.63) is 71.8 Å². The van der Waals surface area contributed by atoms with Crippen LogP contribution in [0.2, 0.25) is 0 Å². The van der Waals surface area contributed by atoms with Crippen LogP contribution in [0.1, 0.15) is 66.7 Å². The molecule has 2 aromatic carbocycles. The van der Waals surface area contributed by atoms with Crippen LogP contribution in [0.5, 0.6) is 11.5 Å². The van der Waals surface area contributed by atoms with Gasteiger partial charge in [0.15, 0.2) is 0 Å². The molecule has 0 spiro atoms. The molecule has 40 heavy (non-hydrogen) atoms. The van der Waals surface area contributed by atoms with E-state index in [1.54, 1.807) is 6.92 Å². The lowest BCUT2D eigenvalue weighted by Gasteiger charge is -2.06. The number of hydrogen-bond acceptors (Lipinski definition) is 8. The van der Waals surface area contributed by atoms with Crippen molar-refractivity contribution in [1.29, 1.82) is 0 Å². The van der Waals surface area contributed by atoms with Crippen molar-refractivity contribution in [2.75, 3.05) is 6.61 Å². The zero-order valence-electron chi connectivity index (χ0n) is 22.3. The van der Waals surface area contributed by atoms with E-state index in [-0.39, 0.29) is 17.1 Å². The van der Waals surface area contributed by atoms with Crippen molar-refractivity contribution in [2.24, 2.45) is 0 Å². The highest BCUT2D eigenvalue weighted by Crippen LogP contribution is 2.15. The summed E-state index contributed by atoms with van der Waals surface area (Å²) in [5.41, 5.74) is 0.517. The highest BCUT2D eigenvalue weighted by atomic mass is 16.5. The van der Waals surface area contributed by atoms with Crippen LogP contribution in [0.3, 0.4) is 0 Å². The van der Waals surface area contributed by atoms with E-state index in [4.69, 9.17) is 18.9 Å². The monoisotopic (exact) mass is 540 g/mol. The molecule has 0 N–H and O–H groups in total. The van der Waals surface area contributed by atoms with Crippen LogP contribution in [-0.4, -0.2) is 30.5 Å². The van der Waals surface area contributed by atoms with Crippen LogP contribution in [0.4, 0.5) is 0 Å². The predicted octanol–water partition coefficient (Wildman–Crippen LogP) is 5.03. The maximum Gasteiger partial charge on any atom is 0.352 e. The summed E-state index contributed by atoms with van der Waals surface area (Å²) in [7, 11) is 0. The molecule has 0 amide bonds. The third-order valence-electron chi connectivity index (χ3n) is 4.96. The third-order valence-corrected chi connectivity index (χ3v) is 4.96. The Hall–Kier alpha value is -5.26. The SMILES string of the molecule is CC#CC#CC#COC(=O)c1ccc(OC(=O)C=CC(=O)Oc2ccc(C(=O)OCCCCCCC)cc2)cc1. The van der Waals surface area contributed by atoms with Crippen LogP contribution in [0, 0.1) is 35.7 Å². The van der Waals surface area contributed by atoms with Crippen molar-refractivity contribution >= 4 is 23.9 Å². The highest BCUT2D eigenvalue weighted by Gasteiger charge is 2.10. The molecule has 0 aliphatic rings. The fourth-order valence-electron chi connectivity index (χ4n) is 2.99. The number of ether oxygens (including phenoxy) is 4. The molecule has 0 fully saturated rings. The molecule has 0 aliphatic carbocycles. The first-order valence-electron chi connectivity index (χ1n) is 12.5. The van der Waals surface area contributed by atoms with Gasteiger partial charge < -0.3 is 18.9 Å². The molecule has 0 bridgehead atoms. The van der Waals surface area contributed by atoms with Gasteiger partial charge in [-0.3, -0.25) is 0 Å². The maximum absolute atomic E-state index is 12.1. The van der Waals surface area contributed by atoms with Gasteiger partial charge in [-0.15, -0.1) is 0 Å². The lowest BCUT2D eigenvalue weighted by molar-refractivity contribution is -0.131. The standard InChI is InChI=1S/C32H28O8/c1-3-5-7-9-11-23-37-31(35)25-13-17-27(18-14-25)39-29(33)21-22-30(34)40-28-19-15-26(16-20-28)32(36)38-24-12-10-8-6-4-2/h13-22H,3,5,7,9,11,23H2,1-2H3. The Morgan fingerprint density at radius 2 is 1.20 bits per heavy atom. The molecular formula is C32H28O8. The largest absolute Gasteiger partial charge is 0.462 e. The van der Waals surface area contributed by atoms with Gasteiger partial charge in [-0.1, -0.05) is 38.5 Å². The zero-order valence-corrected chi connectivity index (χ0v) is 22.3. The molecule has 2 aromatic rings. The quantitative estimate of drug-likeness (QED) is 0.121. The number of unbranched alkanes of at least 4 members (excludes halogenated alkanes) is 4. The smallest absolute Gasteiger partial charge is 0.352 e. The summed E-state index contributed by atoms with van der Waals surface area (Å²) in [4.78, 5) is 48.1. The Balaban J connectivity index is 1.77. The predicted molar refractivity (Wildman–Crippen MR) is 147 cm³/mol. The van der Waals surface area contributed by atoms with Gasteiger partial charge in [0.1, 0.15) is 17.6 Å². The lowest BCUT2D eigenvalue weighted by atomic mass is 10.2. The number of esters is 4. The van der Waals surface area contributed by atoms with Crippen molar-refractivity contribution in [1.82, 2.24) is 0 Å². The second kappa shape index (κ2) is 18.1. The third kappa shape index (κ3) is 12.3. The van der Waals surface area contributed by atoms with E-state index in [0.29, 0.717) is 12.2 Å². The van der Waals surface area contributed by atoms with Gasteiger partial charge in [-0.05, 0) is 73.7 Å². The first-order valence-corrected chi connectivity index (χ1v) is 12.5. The number of benzene rings is 2. The number of hydrogen-bond donors (Lipinski definition) is 0. The fraction of sp³-hybridized carbons (Fsp3) is 0.250. The summed E-state index contributed by atoms with van der Waals surface area (Å²) in [6.07, 6.45) is 9.23. The van der Waals surface area contributed by atoms with Crippen LogP contribution in [0.15, 0.2) is 60.7 Å². The Kier molecular flexibility index (Phi) is 14.0. The van der Waals surface area contributed by atoms with Gasteiger partial charge in [0, 0.05) is 24.0 Å². The average Bonchev–Trinajstić information content (AvgIpc) is 2.96. The number of carbonyl (C=O) groups excluding carboxylic acids is 4. The maximum atomic E-state index is 12.1. The molecular weight excluding hydrogens is 512 g/mol. The fourth-order valence-corrected chi connectivity index (χ4v) is 2.99. The highest BCUT2D eigenvalue weighted by molar-refractivity contribution is 5.94. The minimum Gasteiger partial charge on any atom is -0.462 e. The molecule has 0 saturated carbocycles. The summed E-state index contributed by atoms with van der Waals surface area (Å²) in [6.45, 7) is 4.13. The van der Waals surface area contributed by atoms with Gasteiger partial charge in [0.05, 0.1) is 17.7 Å². The molecule has 0 heterocycles. The van der Waals surface area contributed by atoms with Crippen molar-refractivity contribution in [3.8, 4) is 47.2 Å². The summed E-state index contributed by atoms with van der Waals surface area (Å²) in [6, 6.07) is 11.4. The number of carbonyl (C=O) groups is 4. The minimum absolute atomic E-state index is 0.137. The van der Waals surface area contributed by atoms with E-state index in [1.165, 1.54) is 55.0 Å². The van der Waals surface area contributed by atoms with Crippen LogP contribution in [0.25, 0.3) is 0 Å². The van der Waals surface area contributed by atoms with E-state index in [9.17, 15) is 19.2 Å². The lowest BCUT2D eigenvalue weighted by Crippen LogP contribution is -2.09. The Morgan fingerprint density at radius 3 is 1.75 bits per heavy atom. The van der Waals surface area contributed by atoms with Gasteiger partial charge in [-0.25, -0.2) is 19.2 Å². The molecule has 0 aliphatic heterocycles. The van der Waals surface area contributed by atoms with Crippen LogP contribution < -0.4 is 9.47 Å². The second-order valence-corrected chi connectivity index (χ2v) is 8.02. The van der Waals surface area contributed by atoms with Crippen LogP contribution >= 0.6 is 0 Å². The summed E-state index contributed by atoms with van der Waals surface area (Å²) < 4.78 is 20.2. The topological polar surface area (TPSA) is 105 Å². The van der Waals surface area contributed by atoms with Crippen molar-refractivity contribution < 1.29 is 38.1 Å². The number of rotatable bonds is 12. The molecule has 0 aromatic heterocycles. The van der Waals surface area contributed by atoms with E-state index in [0.717, 1.165) is 37.8 Å². The molecule has 0 saturated heterocycles. The molecule has 8 nitrogen and oxygen atoms in total. The normalized spacial score (nSPS) is 9.55. The minimum atomic E-state index is -0.834.